The number of fused-ring (bicyclic) bond motifs is 2. The Balaban J connectivity index is 1.14. The maximum absolute atomic E-state index is 16.6. The highest BCUT2D eigenvalue weighted by molar-refractivity contribution is 6.60. The fourth-order valence-corrected chi connectivity index (χ4v) is 18.9. The summed E-state index contributed by atoms with van der Waals surface area (Å²) in [5.74, 6) is -3.06. The number of rotatable bonds is 28. The average Bonchev–Trinajstić information content (AvgIpc) is 0.671. The molecule has 110 heavy (non-hydrogen) atoms. The van der Waals surface area contributed by atoms with Crippen molar-refractivity contribution in [3.8, 4) is 46.0 Å². The van der Waals surface area contributed by atoms with Crippen molar-refractivity contribution in [3.63, 3.8) is 0 Å². The number of aryl methyl sites for hydroxylation is 8. The molecule has 2 unspecified atom stereocenters. The van der Waals surface area contributed by atoms with Gasteiger partial charge in [0.25, 0.3) is 23.6 Å². The molecule has 0 bridgehead atoms. The van der Waals surface area contributed by atoms with Crippen LogP contribution < -0.4 is 29.6 Å². The van der Waals surface area contributed by atoms with Crippen LogP contribution in [0.5, 0.6) is 46.0 Å². The molecule has 2 aromatic heterocycles. The Morgan fingerprint density at radius 3 is 0.827 bits per heavy atom. The van der Waals surface area contributed by atoms with Gasteiger partial charge in [0.1, 0.15) is 69.7 Å². The number of amides is 6. The normalized spacial score (nSPS) is 13.7. The van der Waals surface area contributed by atoms with Crippen LogP contribution in [0.1, 0.15) is 138 Å². The number of ether oxygens (including phenoxy) is 4. The van der Waals surface area contributed by atoms with E-state index >= 15 is 28.8 Å². The first-order chi connectivity index (χ1) is 52.5. The summed E-state index contributed by atoms with van der Waals surface area (Å²) in [6, 6.07) is 33.7. The molecule has 2 atom stereocenters. The molecule has 2 aliphatic rings. The predicted molar refractivity (Wildman–Crippen MR) is 426 cm³/mol. The lowest BCUT2D eigenvalue weighted by Crippen LogP contribution is -2.52. The van der Waals surface area contributed by atoms with Gasteiger partial charge < -0.3 is 56.1 Å². The molecule has 0 aliphatic carbocycles. The summed E-state index contributed by atoms with van der Waals surface area (Å²) in [6.07, 6.45) is 3.10. The molecule has 2 aliphatic heterocycles. The standard InChI is InChI=1S/C86H90N6O16Si2/c1-45(2)23-65(81(93)89-71-37-55(19-21-87-71)43-109(99-13,100-14)101-15)91-83(95)61-39-67(105-57-29-47(5)25-48(6)30-57)75-77-69(107-59-33-51(9)27-52(10)34-59)41-63-74-64(86(98)92(85(63)97)66(24-46(3)4)82(94)90-72-38-56(20-22-88-72)44-110(102-16,103-17)104-18)42-70(108-60-35-53(11)28-54(12)36-60)78(80(74)77)76-68(40-62(84(91)96)73(61)79(75)76)106-58-31-49(7)26-50(8)32-58/h19-22,25-42,45-46,65-66H,23-24,43-44H2,1-18H3,(H,87,89,93)(H,88,90,94). The number of nitrogens with zero attached hydrogens (tertiary/aromatic N) is 4. The maximum atomic E-state index is 16.6. The van der Waals surface area contributed by atoms with E-state index < -0.39 is 65.1 Å². The summed E-state index contributed by atoms with van der Waals surface area (Å²) in [6.45, 7) is 23.1. The fraction of sp³-hybridized carbons (Fsp3) is 0.302. The van der Waals surface area contributed by atoms with Gasteiger partial charge in [0, 0.05) is 110 Å². The van der Waals surface area contributed by atoms with E-state index in [1.54, 1.807) is 48.5 Å². The van der Waals surface area contributed by atoms with Crippen LogP contribution in [-0.4, -0.2) is 128 Å². The van der Waals surface area contributed by atoms with Crippen molar-refractivity contribution in [1.82, 2.24) is 19.8 Å². The second-order valence-electron chi connectivity index (χ2n) is 29.7. The van der Waals surface area contributed by atoms with Crippen LogP contribution in [0.3, 0.4) is 0 Å². The summed E-state index contributed by atoms with van der Waals surface area (Å²) in [7, 11) is 2.67. The molecule has 24 heteroatoms. The Morgan fingerprint density at radius 1 is 0.355 bits per heavy atom. The van der Waals surface area contributed by atoms with Gasteiger partial charge in [-0.15, -0.1) is 0 Å². The van der Waals surface area contributed by atoms with Crippen LogP contribution in [0.2, 0.25) is 0 Å². The highest BCUT2D eigenvalue weighted by Crippen LogP contribution is 2.58. The Hall–Kier alpha value is -10.8. The number of benzene rings is 9. The number of imide groups is 2. The van der Waals surface area contributed by atoms with Crippen molar-refractivity contribution < 1.29 is 74.3 Å². The number of anilines is 2. The minimum atomic E-state index is -3.19. The predicted octanol–water partition coefficient (Wildman–Crippen LogP) is 17.4. The van der Waals surface area contributed by atoms with Gasteiger partial charge >= 0.3 is 17.6 Å². The van der Waals surface area contributed by atoms with Crippen molar-refractivity contribution in [2.24, 2.45) is 11.8 Å². The first-order valence-corrected chi connectivity index (χ1v) is 40.3. The molecule has 2 N–H and O–H groups in total. The molecular formula is C86H90N6O16Si2. The zero-order chi connectivity index (χ0) is 78.7. The number of aromatic nitrogens is 2. The smallest absolute Gasteiger partial charge is 0.457 e. The summed E-state index contributed by atoms with van der Waals surface area (Å²) in [5.41, 5.74) is 8.16. The first kappa shape index (κ1) is 77.4. The van der Waals surface area contributed by atoms with Gasteiger partial charge in [0.15, 0.2) is 0 Å². The van der Waals surface area contributed by atoms with Gasteiger partial charge in [0.05, 0.1) is 22.3 Å². The largest absolute Gasteiger partial charge is 0.504 e. The Labute approximate surface area is 641 Å². The minimum Gasteiger partial charge on any atom is -0.457 e. The molecule has 13 rings (SSSR count). The molecule has 22 nitrogen and oxygen atoms in total. The second-order valence-corrected chi connectivity index (χ2v) is 35.6. The summed E-state index contributed by atoms with van der Waals surface area (Å²) in [5, 5.41) is 7.96. The van der Waals surface area contributed by atoms with Crippen LogP contribution >= 0.6 is 0 Å². The van der Waals surface area contributed by atoms with Gasteiger partial charge in [-0.25, -0.2) is 9.97 Å². The molecule has 568 valence electrons. The second kappa shape index (κ2) is 30.9. The summed E-state index contributed by atoms with van der Waals surface area (Å²) >= 11 is 0. The summed E-state index contributed by atoms with van der Waals surface area (Å²) in [4.78, 5) is 108. The Kier molecular flexibility index (Phi) is 21.7. The quantitative estimate of drug-likeness (QED) is 0.0200. The van der Waals surface area contributed by atoms with Gasteiger partial charge in [-0.1, -0.05) is 52.0 Å². The van der Waals surface area contributed by atoms with E-state index in [-0.39, 0.29) is 137 Å². The number of hydrogen-bond acceptors (Lipinski definition) is 18. The molecule has 4 heterocycles. The van der Waals surface area contributed by atoms with Crippen LogP contribution in [-0.2, 0) is 48.2 Å². The number of carbonyl (C=O) groups excluding carboxylic acids is 6. The highest BCUT2D eigenvalue weighted by atomic mass is 28.4. The highest BCUT2D eigenvalue weighted by Gasteiger charge is 2.48. The molecular weight excluding hydrogens is 1430 g/mol. The Bertz CT molecular complexity index is 4890. The van der Waals surface area contributed by atoms with Gasteiger partial charge in [-0.3, -0.25) is 38.6 Å². The van der Waals surface area contributed by atoms with E-state index in [1.165, 1.54) is 55.1 Å². The van der Waals surface area contributed by atoms with Crippen LogP contribution in [0.25, 0.3) is 43.1 Å². The van der Waals surface area contributed by atoms with Gasteiger partial charge in [-0.2, -0.15) is 0 Å². The van der Waals surface area contributed by atoms with Crippen LogP contribution in [0, 0.1) is 67.2 Å². The molecule has 9 aromatic carbocycles. The number of pyridine rings is 2. The van der Waals surface area contributed by atoms with E-state index in [0.717, 1.165) is 54.3 Å². The first-order valence-electron chi connectivity index (χ1n) is 36.5. The molecule has 0 fully saturated rings. The fourth-order valence-electron chi connectivity index (χ4n) is 15.6. The van der Waals surface area contributed by atoms with Crippen LogP contribution in [0.15, 0.2) is 134 Å². The third kappa shape index (κ3) is 15.0. The third-order valence-electron chi connectivity index (χ3n) is 20.1. The van der Waals surface area contributed by atoms with E-state index in [4.69, 9.17) is 45.5 Å². The molecule has 11 aromatic rings. The Morgan fingerprint density at radius 2 is 0.600 bits per heavy atom. The average molecular weight is 1520 g/mol. The van der Waals surface area contributed by atoms with Crippen molar-refractivity contribution in [3.05, 3.63) is 212 Å². The lowest BCUT2D eigenvalue weighted by atomic mass is 9.80. The monoisotopic (exact) mass is 1520 g/mol. The number of hydrogen-bond donors (Lipinski definition) is 2. The van der Waals surface area contributed by atoms with Crippen molar-refractivity contribution >= 4 is 108 Å². The minimum absolute atomic E-state index is 0.00603. The zero-order valence-electron chi connectivity index (χ0n) is 65.2. The number of carbonyl (C=O) groups is 6. The van der Waals surface area contributed by atoms with E-state index in [1.807, 2.05) is 156 Å². The summed E-state index contributed by atoms with van der Waals surface area (Å²) < 4.78 is 64.0. The third-order valence-corrected chi connectivity index (χ3v) is 25.5. The SMILES string of the molecule is CO[Si](Cc1ccnc(NC(=O)C(CC(C)C)N2C(=O)c3cc(Oc4cc(C)cc(C)c4)c4c5c(Oc6cc(C)cc(C)c6)cc6c7c(cc(Oc8cc(C)cc(C)c8)c(c8c(Oc9cc(C)cc(C)c9)cc(c3c48)C2=O)c75)C(=O)N(C(CC(C)C)C(=O)Nc2cc(C[Si](OC)(OC)OC)ccn2)C6=O)c1)(OC)OC. The molecule has 0 saturated carbocycles. The topological polar surface area (TPSA) is 251 Å². The molecule has 0 radical (unpaired) electrons. The lowest BCUT2D eigenvalue weighted by Gasteiger charge is -2.36. The van der Waals surface area contributed by atoms with E-state index in [0.29, 0.717) is 34.1 Å². The molecule has 0 saturated heterocycles. The van der Waals surface area contributed by atoms with E-state index in [2.05, 4.69) is 20.6 Å². The van der Waals surface area contributed by atoms with Crippen molar-refractivity contribution in [2.45, 2.75) is 120 Å². The number of nitrogens with one attached hydrogen (secondary N) is 2. The zero-order valence-corrected chi connectivity index (χ0v) is 67.2. The molecule has 6 amide bonds. The van der Waals surface area contributed by atoms with Crippen molar-refractivity contribution in [1.29, 1.82) is 0 Å². The van der Waals surface area contributed by atoms with Crippen molar-refractivity contribution in [2.75, 3.05) is 53.3 Å². The van der Waals surface area contributed by atoms with Gasteiger partial charge in [-0.05, 0) is 233 Å². The van der Waals surface area contributed by atoms with Gasteiger partial charge in [0.2, 0.25) is 11.8 Å². The molecule has 0 spiro atoms. The lowest BCUT2D eigenvalue weighted by molar-refractivity contribution is -0.121. The van der Waals surface area contributed by atoms with E-state index in [9.17, 15) is 0 Å². The van der Waals surface area contributed by atoms with Crippen LogP contribution in [0.4, 0.5) is 11.6 Å². The maximum Gasteiger partial charge on any atom is 0.504 e.